The fourth-order valence-corrected chi connectivity index (χ4v) is 5.62. The first kappa shape index (κ1) is 25.7. The zero-order valence-corrected chi connectivity index (χ0v) is 21.7. The van der Waals surface area contributed by atoms with E-state index in [1.807, 2.05) is 19.1 Å². The third-order valence-electron chi connectivity index (χ3n) is 7.54. The van der Waals surface area contributed by atoms with Gasteiger partial charge in [-0.1, -0.05) is 41.4 Å². The molecular formula is C28H32ClN3O5. The van der Waals surface area contributed by atoms with Crippen LogP contribution in [0.1, 0.15) is 52.0 Å². The second kappa shape index (κ2) is 10.8. The second-order valence-corrected chi connectivity index (χ2v) is 10.4. The number of piperidine rings is 1. The number of nitrogens with one attached hydrogen (secondary N) is 1. The fraction of sp³-hybridized carbons (Fsp3) is 0.464. The Hall–Kier alpha value is -2.94. The minimum Gasteiger partial charge on any atom is -0.376 e. The van der Waals surface area contributed by atoms with E-state index in [0.717, 1.165) is 18.4 Å². The summed E-state index contributed by atoms with van der Waals surface area (Å²) in [6.07, 6.45) is 2.69. The number of hydrogen-bond donors (Lipinski definition) is 1. The highest BCUT2D eigenvalue weighted by Crippen LogP contribution is 2.39. The van der Waals surface area contributed by atoms with Crippen LogP contribution in [-0.2, 0) is 14.3 Å². The van der Waals surface area contributed by atoms with Crippen molar-refractivity contribution in [3.8, 4) is 0 Å². The molecule has 0 unspecified atom stereocenters. The number of nitrogens with zero attached hydrogens (tertiary/aromatic N) is 2. The molecule has 3 aliphatic heterocycles. The molecule has 3 heterocycles. The van der Waals surface area contributed by atoms with Crippen LogP contribution in [0, 0.1) is 6.92 Å². The summed E-state index contributed by atoms with van der Waals surface area (Å²) in [5.41, 5.74) is 1.03. The maximum absolute atomic E-state index is 13.8. The molecule has 1 N–H and O–H groups in total. The van der Waals surface area contributed by atoms with Crippen molar-refractivity contribution in [3.63, 3.8) is 0 Å². The van der Waals surface area contributed by atoms with Crippen molar-refractivity contribution >= 4 is 29.3 Å². The highest BCUT2D eigenvalue weighted by Gasteiger charge is 2.54. The van der Waals surface area contributed by atoms with E-state index >= 15 is 0 Å². The Morgan fingerprint density at radius 3 is 2.46 bits per heavy atom. The predicted octanol–water partition coefficient (Wildman–Crippen LogP) is 3.42. The molecule has 0 saturated carbocycles. The lowest BCUT2D eigenvalue weighted by atomic mass is 9.96. The normalized spacial score (nSPS) is 22.9. The lowest BCUT2D eigenvalue weighted by Crippen LogP contribution is -2.60. The van der Waals surface area contributed by atoms with Crippen molar-refractivity contribution < 1.29 is 23.9 Å². The van der Waals surface area contributed by atoms with Gasteiger partial charge in [0.1, 0.15) is 11.8 Å². The Morgan fingerprint density at radius 1 is 1.05 bits per heavy atom. The minimum atomic E-state index is -0.967. The molecule has 0 bridgehead atoms. The van der Waals surface area contributed by atoms with Crippen LogP contribution >= 0.6 is 11.6 Å². The monoisotopic (exact) mass is 525 g/mol. The minimum absolute atomic E-state index is 0.000503. The molecule has 8 nitrogen and oxygen atoms in total. The van der Waals surface area contributed by atoms with Gasteiger partial charge in [0, 0.05) is 44.6 Å². The highest BCUT2D eigenvalue weighted by atomic mass is 35.5. The first-order valence-corrected chi connectivity index (χ1v) is 13.2. The van der Waals surface area contributed by atoms with Gasteiger partial charge in [0.2, 0.25) is 5.91 Å². The summed E-state index contributed by atoms with van der Waals surface area (Å²) in [5.74, 6) is -0.649. The van der Waals surface area contributed by atoms with E-state index in [0.29, 0.717) is 55.2 Å². The van der Waals surface area contributed by atoms with Gasteiger partial charge in [-0.2, -0.15) is 0 Å². The Bertz CT molecular complexity index is 1160. The van der Waals surface area contributed by atoms with Crippen LogP contribution in [0.5, 0.6) is 0 Å². The average molecular weight is 526 g/mol. The molecule has 3 fully saturated rings. The molecule has 3 amide bonds. The predicted molar refractivity (Wildman–Crippen MR) is 138 cm³/mol. The first-order valence-electron chi connectivity index (χ1n) is 12.9. The van der Waals surface area contributed by atoms with Crippen LogP contribution < -0.4 is 5.32 Å². The van der Waals surface area contributed by atoms with Crippen molar-refractivity contribution in [2.45, 2.75) is 50.5 Å². The van der Waals surface area contributed by atoms with Gasteiger partial charge in [-0.15, -0.1) is 0 Å². The molecule has 9 heteroatoms. The standard InChI is InChI=1S/C28H32ClN3O5/c1-19-8-10-20(11-9-19)26(34)32-24(25(33)30-17-21-5-4-16-36-21)18-37-28(32)12-14-31(15-13-28)27(35)22-6-2-3-7-23(22)29/h2-3,6-11,21,24H,4-5,12-18H2,1H3,(H,30,33)/t21-,24+/m1/s1. The molecule has 37 heavy (non-hydrogen) atoms. The summed E-state index contributed by atoms with van der Waals surface area (Å²) in [6.45, 7) is 3.94. The van der Waals surface area contributed by atoms with Gasteiger partial charge in [-0.25, -0.2) is 0 Å². The highest BCUT2D eigenvalue weighted by molar-refractivity contribution is 6.33. The van der Waals surface area contributed by atoms with Crippen LogP contribution in [0.3, 0.4) is 0 Å². The number of amides is 3. The van der Waals surface area contributed by atoms with E-state index in [-0.39, 0.29) is 30.4 Å². The van der Waals surface area contributed by atoms with E-state index in [4.69, 9.17) is 21.1 Å². The van der Waals surface area contributed by atoms with E-state index in [2.05, 4.69) is 5.32 Å². The topological polar surface area (TPSA) is 88.2 Å². The SMILES string of the molecule is Cc1ccc(C(=O)N2[C@H](C(=O)NC[C@H]3CCCO3)COC23CCN(C(=O)c2ccccc2Cl)CC3)cc1. The molecule has 3 aliphatic rings. The molecule has 1 spiro atoms. The summed E-state index contributed by atoms with van der Waals surface area (Å²) >= 11 is 6.25. The quantitative estimate of drug-likeness (QED) is 0.646. The van der Waals surface area contributed by atoms with Gasteiger partial charge >= 0.3 is 0 Å². The summed E-state index contributed by atoms with van der Waals surface area (Å²) in [6, 6.07) is 13.5. The zero-order valence-electron chi connectivity index (χ0n) is 21.0. The third-order valence-corrected chi connectivity index (χ3v) is 7.87. The number of ether oxygens (including phenoxy) is 2. The molecule has 0 radical (unpaired) electrons. The molecular weight excluding hydrogens is 494 g/mol. The number of halogens is 1. The van der Waals surface area contributed by atoms with Gasteiger partial charge in [-0.05, 0) is 44.0 Å². The lowest BCUT2D eigenvalue weighted by molar-refractivity contribution is -0.128. The van der Waals surface area contributed by atoms with E-state index in [1.165, 1.54) is 0 Å². The van der Waals surface area contributed by atoms with E-state index in [9.17, 15) is 14.4 Å². The number of hydrogen-bond acceptors (Lipinski definition) is 5. The van der Waals surface area contributed by atoms with Gasteiger partial charge in [-0.3, -0.25) is 19.3 Å². The molecule has 5 rings (SSSR count). The van der Waals surface area contributed by atoms with Crippen LogP contribution in [0.2, 0.25) is 5.02 Å². The van der Waals surface area contributed by atoms with Gasteiger partial charge in [0.25, 0.3) is 11.8 Å². The van der Waals surface area contributed by atoms with Gasteiger partial charge in [0.15, 0.2) is 0 Å². The number of carbonyl (C=O) groups is 3. The smallest absolute Gasteiger partial charge is 0.256 e. The first-order chi connectivity index (χ1) is 17.9. The Labute approximate surface area is 221 Å². The molecule has 0 aliphatic carbocycles. The van der Waals surface area contributed by atoms with Crippen LogP contribution in [0.4, 0.5) is 0 Å². The third kappa shape index (κ3) is 5.23. The van der Waals surface area contributed by atoms with Gasteiger partial charge < -0.3 is 19.7 Å². The van der Waals surface area contributed by atoms with Crippen LogP contribution in [0.15, 0.2) is 48.5 Å². The van der Waals surface area contributed by atoms with Crippen molar-refractivity contribution in [1.82, 2.24) is 15.1 Å². The maximum Gasteiger partial charge on any atom is 0.256 e. The van der Waals surface area contributed by atoms with Gasteiger partial charge in [0.05, 0.1) is 23.3 Å². The van der Waals surface area contributed by atoms with Crippen molar-refractivity contribution in [3.05, 3.63) is 70.2 Å². The maximum atomic E-state index is 13.8. The Balaban J connectivity index is 1.35. The van der Waals surface area contributed by atoms with Crippen molar-refractivity contribution in [2.75, 3.05) is 32.8 Å². The molecule has 2 atom stereocenters. The molecule has 2 aromatic carbocycles. The molecule has 3 saturated heterocycles. The van der Waals surface area contributed by atoms with E-state index in [1.54, 1.807) is 46.2 Å². The molecule has 2 aromatic rings. The summed E-state index contributed by atoms with van der Waals surface area (Å²) < 4.78 is 11.9. The summed E-state index contributed by atoms with van der Waals surface area (Å²) in [7, 11) is 0. The largest absolute Gasteiger partial charge is 0.376 e. The number of likely N-dealkylation sites (tertiary alicyclic amines) is 1. The average Bonchev–Trinajstić information content (AvgIpc) is 3.56. The van der Waals surface area contributed by atoms with Crippen molar-refractivity contribution in [1.29, 1.82) is 0 Å². The number of benzene rings is 2. The molecule has 0 aromatic heterocycles. The number of rotatable bonds is 5. The van der Waals surface area contributed by atoms with E-state index < -0.39 is 11.8 Å². The second-order valence-electron chi connectivity index (χ2n) is 9.97. The van der Waals surface area contributed by atoms with Crippen LogP contribution in [-0.4, -0.2) is 78.2 Å². The summed E-state index contributed by atoms with van der Waals surface area (Å²) in [5, 5.41) is 3.38. The van der Waals surface area contributed by atoms with Crippen LogP contribution in [0.25, 0.3) is 0 Å². The summed E-state index contributed by atoms with van der Waals surface area (Å²) in [4.78, 5) is 43.6. The van der Waals surface area contributed by atoms with Crippen molar-refractivity contribution in [2.24, 2.45) is 0 Å². The number of carbonyl (C=O) groups excluding carboxylic acids is 3. The Kier molecular flexibility index (Phi) is 7.51. The lowest BCUT2D eigenvalue weighted by Gasteiger charge is -2.44. The number of aryl methyl sites for hydroxylation is 1. The zero-order chi connectivity index (χ0) is 26.0. The Morgan fingerprint density at radius 2 is 1.78 bits per heavy atom. The molecule has 196 valence electrons. The fourth-order valence-electron chi connectivity index (χ4n) is 5.40.